The SMILES string of the molecule is CC(C)(C)OC(=O)[C@@H](N)CCCCO.CC(C)(C)OC(=O)[C@H](CCCCO)CC(=O)OCc1ccccc1. The van der Waals surface area contributed by atoms with Crippen molar-refractivity contribution < 1.29 is 38.8 Å². The van der Waals surface area contributed by atoms with Gasteiger partial charge in [-0.1, -0.05) is 36.8 Å². The number of rotatable bonds is 14. The number of carbonyl (C=O) groups is 3. The van der Waals surface area contributed by atoms with Gasteiger partial charge < -0.3 is 30.2 Å². The normalized spacial score (nSPS) is 13.0. The summed E-state index contributed by atoms with van der Waals surface area (Å²) in [5.41, 5.74) is 5.43. The summed E-state index contributed by atoms with van der Waals surface area (Å²) < 4.78 is 15.7. The van der Waals surface area contributed by atoms with Crippen molar-refractivity contribution in [1.29, 1.82) is 0 Å². The van der Waals surface area contributed by atoms with E-state index in [-0.39, 0.29) is 32.2 Å². The van der Waals surface area contributed by atoms with Crippen molar-refractivity contribution >= 4 is 17.9 Å². The molecule has 38 heavy (non-hydrogen) atoms. The van der Waals surface area contributed by atoms with Gasteiger partial charge in [-0.2, -0.15) is 0 Å². The lowest BCUT2D eigenvalue weighted by molar-refractivity contribution is -0.164. The fraction of sp³-hybridized carbons (Fsp3) is 0.690. The molecule has 0 fully saturated rings. The molecular weight excluding hydrogens is 490 g/mol. The van der Waals surface area contributed by atoms with E-state index in [2.05, 4.69) is 0 Å². The molecule has 0 aromatic heterocycles. The molecule has 0 radical (unpaired) electrons. The highest BCUT2D eigenvalue weighted by Gasteiger charge is 2.27. The molecule has 0 saturated carbocycles. The van der Waals surface area contributed by atoms with Gasteiger partial charge in [0.15, 0.2) is 0 Å². The Morgan fingerprint density at radius 3 is 1.79 bits per heavy atom. The zero-order chi connectivity index (χ0) is 29.2. The Morgan fingerprint density at radius 1 is 0.789 bits per heavy atom. The lowest BCUT2D eigenvalue weighted by atomic mass is 9.98. The van der Waals surface area contributed by atoms with E-state index in [1.54, 1.807) is 20.8 Å². The van der Waals surface area contributed by atoms with Gasteiger partial charge in [0.05, 0.1) is 12.3 Å². The lowest BCUT2D eigenvalue weighted by Gasteiger charge is -2.23. The van der Waals surface area contributed by atoms with Crippen LogP contribution in [-0.2, 0) is 35.2 Å². The van der Waals surface area contributed by atoms with Gasteiger partial charge in [-0.05, 0) is 79.2 Å². The average Bonchev–Trinajstić information content (AvgIpc) is 2.81. The number of carbonyl (C=O) groups excluding carboxylic acids is 3. The number of nitrogens with two attached hydrogens (primary N) is 1. The van der Waals surface area contributed by atoms with Gasteiger partial charge in [0.25, 0.3) is 0 Å². The van der Waals surface area contributed by atoms with Crippen LogP contribution in [0.5, 0.6) is 0 Å². The quantitative estimate of drug-likeness (QED) is 0.181. The Kier molecular flexibility index (Phi) is 17.5. The second kappa shape index (κ2) is 18.7. The van der Waals surface area contributed by atoms with Crippen LogP contribution in [0.25, 0.3) is 0 Å². The summed E-state index contributed by atoms with van der Waals surface area (Å²) in [7, 11) is 0. The third kappa shape index (κ3) is 19.6. The van der Waals surface area contributed by atoms with Crippen LogP contribution in [0.15, 0.2) is 30.3 Å². The summed E-state index contributed by atoms with van der Waals surface area (Å²) in [5, 5.41) is 17.4. The highest BCUT2D eigenvalue weighted by Crippen LogP contribution is 2.20. The minimum absolute atomic E-state index is 0.00677. The highest BCUT2D eigenvalue weighted by molar-refractivity contribution is 5.80. The van der Waals surface area contributed by atoms with E-state index < -0.39 is 35.1 Å². The summed E-state index contributed by atoms with van der Waals surface area (Å²) in [6, 6.07) is 8.83. The average molecular weight is 540 g/mol. The Labute approximate surface area is 228 Å². The zero-order valence-electron chi connectivity index (χ0n) is 24.0. The molecule has 9 nitrogen and oxygen atoms in total. The lowest BCUT2D eigenvalue weighted by Crippen LogP contribution is -2.37. The number of aliphatic hydroxyl groups excluding tert-OH is 2. The van der Waals surface area contributed by atoms with E-state index in [1.165, 1.54) is 0 Å². The predicted molar refractivity (Wildman–Crippen MR) is 146 cm³/mol. The van der Waals surface area contributed by atoms with Crippen molar-refractivity contribution in [2.45, 2.75) is 110 Å². The largest absolute Gasteiger partial charge is 0.461 e. The van der Waals surface area contributed by atoms with Gasteiger partial charge in [0, 0.05) is 13.2 Å². The molecule has 0 unspecified atom stereocenters. The van der Waals surface area contributed by atoms with Crippen LogP contribution in [0.2, 0.25) is 0 Å². The Balaban J connectivity index is 0.000000835. The molecule has 1 rings (SSSR count). The van der Waals surface area contributed by atoms with Crippen LogP contribution in [0.4, 0.5) is 0 Å². The van der Waals surface area contributed by atoms with Crippen molar-refractivity contribution in [3.8, 4) is 0 Å². The topological polar surface area (TPSA) is 145 Å². The number of hydrogen-bond donors (Lipinski definition) is 3. The van der Waals surface area contributed by atoms with Gasteiger partial charge in [-0.3, -0.25) is 14.4 Å². The molecule has 0 amide bonds. The molecule has 218 valence electrons. The van der Waals surface area contributed by atoms with Gasteiger partial charge in [-0.15, -0.1) is 0 Å². The molecule has 0 aliphatic heterocycles. The molecule has 0 aliphatic carbocycles. The maximum absolute atomic E-state index is 12.3. The van der Waals surface area contributed by atoms with Crippen molar-refractivity contribution in [3.05, 3.63) is 35.9 Å². The minimum atomic E-state index is -0.597. The maximum Gasteiger partial charge on any atom is 0.323 e. The first-order valence-corrected chi connectivity index (χ1v) is 13.3. The first-order valence-electron chi connectivity index (χ1n) is 13.3. The van der Waals surface area contributed by atoms with Gasteiger partial charge in [-0.25, -0.2) is 0 Å². The number of aliphatic hydroxyl groups is 2. The minimum Gasteiger partial charge on any atom is -0.461 e. The van der Waals surface area contributed by atoms with Gasteiger partial charge in [0.2, 0.25) is 0 Å². The second-order valence-corrected chi connectivity index (χ2v) is 11.2. The summed E-state index contributed by atoms with van der Waals surface area (Å²) in [6.45, 7) is 11.2. The van der Waals surface area contributed by atoms with E-state index in [9.17, 15) is 14.4 Å². The van der Waals surface area contributed by atoms with Crippen LogP contribution >= 0.6 is 0 Å². The zero-order valence-corrected chi connectivity index (χ0v) is 24.0. The molecule has 9 heteroatoms. The maximum atomic E-state index is 12.3. The van der Waals surface area contributed by atoms with Gasteiger partial charge in [0.1, 0.15) is 23.9 Å². The van der Waals surface area contributed by atoms with E-state index in [0.717, 1.165) is 12.0 Å². The Bertz CT molecular complexity index is 799. The van der Waals surface area contributed by atoms with Gasteiger partial charge >= 0.3 is 17.9 Å². The summed E-state index contributed by atoms with van der Waals surface area (Å²) in [5.74, 6) is -1.72. The van der Waals surface area contributed by atoms with Crippen molar-refractivity contribution in [2.24, 2.45) is 11.7 Å². The number of hydrogen-bond acceptors (Lipinski definition) is 9. The summed E-state index contributed by atoms with van der Waals surface area (Å²) in [6.07, 6.45) is 3.73. The van der Waals surface area contributed by atoms with Crippen LogP contribution < -0.4 is 5.73 Å². The van der Waals surface area contributed by atoms with E-state index in [1.807, 2.05) is 51.1 Å². The molecule has 0 heterocycles. The molecule has 1 aromatic carbocycles. The molecular formula is C29H49NO8. The van der Waals surface area contributed by atoms with Crippen molar-refractivity contribution in [2.75, 3.05) is 13.2 Å². The number of esters is 3. The Hall–Kier alpha value is -2.49. The molecule has 0 aliphatic rings. The van der Waals surface area contributed by atoms with E-state index in [4.69, 9.17) is 30.2 Å². The monoisotopic (exact) mass is 539 g/mol. The van der Waals surface area contributed by atoms with Crippen LogP contribution in [0, 0.1) is 5.92 Å². The number of benzene rings is 1. The van der Waals surface area contributed by atoms with Crippen LogP contribution in [0.3, 0.4) is 0 Å². The molecule has 4 N–H and O–H groups in total. The Morgan fingerprint density at radius 2 is 1.29 bits per heavy atom. The summed E-state index contributed by atoms with van der Waals surface area (Å²) in [4.78, 5) is 35.7. The van der Waals surface area contributed by atoms with E-state index >= 15 is 0 Å². The van der Waals surface area contributed by atoms with Crippen LogP contribution in [-0.4, -0.2) is 58.6 Å². The number of unbranched alkanes of at least 4 members (excludes halogenated alkanes) is 2. The van der Waals surface area contributed by atoms with Crippen molar-refractivity contribution in [1.82, 2.24) is 0 Å². The number of ether oxygens (including phenoxy) is 3. The first kappa shape index (κ1) is 35.5. The standard InChI is InChI=1S/C19H28O5.C10H21NO3/c1-19(2,3)24-18(22)16(11-7-8-12-20)13-17(21)23-14-15-9-5-4-6-10-15;1-10(2,3)14-9(13)8(11)6-4-5-7-12/h4-6,9-10,16,20H,7-8,11-14H2,1-3H3;8,12H,4-7,11H2,1-3H3/t16-;8-/m10/s1. The third-order valence-electron chi connectivity index (χ3n) is 4.99. The van der Waals surface area contributed by atoms with E-state index in [0.29, 0.717) is 32.1 Å². The predicted octanol–water partition coefficient (Wildman–Crippen LogP) is 4.06. The first-order chi connectivity index (χ1) is 17.7. The second-order valence-electron chi connectivity index (χ2n) is 11.2. The molecule has 1 aromatic rings. The van der Waals surface area contributed by atoms with Crippen LogP contribution in [0.1, 0.15) is 92.1 Å². The summed E-state index contributed by atoms with van der Waals surface area (Å²) >= 11 is 0. The molecule has 0 bridgehead atoms. The van der Waals surface area contributed by atoms with Crippen molar-refractivity contribution in [3.63, 3.8) is 0 Å². The highest BCUT2D eigenvalue weighted by atomic mass is 16.6. The molecule has 2 atom stereocenters. The smallest absolute Gasteiger partial charge is 0.323 e. The third-order valence-corrected chi connectivity index (χ3v) is 4.99. The fourth-order valence-corrected chi connectivity index (χ4v) is 3.16. The molecule has 0 saturated heterocycles. The molecule has 0 spiro atoms. The fourth-order valence-electron chi connectivity index (χ4n) is 3.16.